The van der Waals surface area contributed by atoms with Crippen molar-refractivity contribution in [2.24, 2.45) is 5.92 Å². The summed E-state index contributed by atoms with van der Waals surface area (Å²) in [6.45, 7) is 1.39. The van der Waals surface area contributed by atoms with Crippen LogP contribution < -0.4 is 4.74 Å². The first-order valence-corrected chi connectivity index (χ1v) is 9.54. The molecule has 0 aliphatic carbocycles. The SMILES string of the molecule is COc1cccc([C@@H]2[C@@H]3C=C[C@@]4(CCN(Cc5ccccc5)C(=O)[C@@H]24)O3)c1. The fourth-order valence-corrected chi connectivity index (χ4v) is 4.92. The minimum Gasteiger partial charge on any atom is -0.497 e. The number of likely N-dealkylation sites (tertiary alicyclic amines) is 1. The third kappa shape index (κ3) is 2.59. The van der Waals surface area contributed by atoms with Crippen molar-refractivity contribution < 1.29 is 14.3 Å². The van der Waals surface area contributed by atoms with E-state index in [2.05, 4.69) is 30.4 Å². The molecule has 2 saturated heterocycles. The molecule has 2 aromatic carbocycles. The van der Waals surface area contributed by atoms with Gasteiger partial charge in [0.05, 0.1) is 19.1 Å². The van der Waals surface area contributed by atoms with Gasteiger partial charge in [0.2, 0.25) is 5.91 Å². The zero-order valence-electron chi connectivity index (χ0n) is 15.4. The zero-order chi connectivity index (χ0) is 18.4. The van der Waals surface area contributed by atoms with E-state index in [1.807, 2.05) is 41.3 Å². The molecule has 3 heterocycles. The standard InChI is InChI=1S/C23H23NO3/c1-26-18-9-5-8-17(14-18)20-19-10-11-23(27-19)12-13-24(22(25)21(20)23)15-16-6-3-2-4-7-16/h2-11,14,19-21H,12-13,15H2,1H3/t19-,20+,21+,23-/m0/s1. The van der Waals surface area contributed by atoms with Crippen molar-refractivity contribution >= 4 is 5.91 Å². The van der Waals surface area contributed by atoms with Crippen LogP contribution >= 0.6 is 0 Å². The number of methoxy groups -OCH3 is 1. The number of amides is 1. The molecule has 138 valence electrons. The first-order chi connectivity index (χ1) is 13.2. The average molecular weight is 361 g/mol. The van der Waals surface area contributed by atoms with E-state index in [0.717, 1.165) is 24.3 Å². The zero-order valence-corrected chi connectivity index (χ0v) is 15.4. The minimum atomic E-state index is -0.442. The molecule has 4 atom stereocenters. The number of hydrogen-bond acceptors (Lipinski definition) is 3. The lowest BCUT2D eigenvalue weighted by molar-refractivity contribution is -0.147. The molecule has 27 heavy (non-hydrogen) atoms. The molecule has 2 bridgehead atoms. The van der Waals surface area contributed by atoms with E-state index in [1.165, 1.54) is 5.56 Å². The van der Waals surface area contributed by atoms with Gasteiger partial charge in [-0.05, 0) is 29.7 Å². The van der Waals surface area contributed by atoms with Crippen LogP contribution in [0.4, 0.5) is 0 Å². The van der Waals surface area contributed by atoms with Gasteiger partial charge in [0.15, 0.2) is 0 Å². The van der Waals surface area contributed by atoms with Crippen molar-refractivity contribution in [3.8, 4) is 5.75 Å². The number of carbonyl (C=O) groups excluding carboxylic acids is 1. The molecule has 1 amide bonds. The number of rotatable bonds is 4. The van der Waals surface area contributed by atoms with E-state index >= 15 is 0 Å². The quantitative estimate of drug-likeness (QED) is 0.782. The summed E-state index contributed by atoms with van der Waals surface area (Å²) in [7, 11) is 1.67. The predicted octanol–water partition coefficient (Wildman–Crippen LogP) is 3.53. The third-order valence-electron chi connectivity index (χ3n) is 6.21. The molecular weight excluding hydrogens is 338 g/mol. The van der Waals surface area contributed by atoms with Crippen LogP contribution in [-0.4, -0.2) is 36.2 Å². The Bertz CT molecular complexity index is 894. The number of hydrogen-bond donors (Lipinski definition) is 0. The first kappa shape index (κ1) is 16.6. The van der Waals surface area contributed by atoms with Gasteiger partial charge in [-0.1, -0.05) is 54.6 Å². The van der Waals surface area contributed by atoms with Gasteiger partial charge < -0.3 is 14.4 Å². The van der Waals surface area contributed by atoms with Crippen molar-refractivity contribution in [2.45, 2.75) is 30.6 Å². The minimum absolute atomic E-state index is 0.0381. The molecule has 1 spiro atoms. The van der Waals surface area contributed by atoms with Gasteiger partial charge in [-0.2, -0.15) is 0 Å². The fourth-order valence-electron chi connectivity index (χ4n) is 4.92. The number of benzene rings is 2. The van der Waals surface area contributed by atoms with E-state index in [9.17, 15) is 4.79 Å². The smallest absolute Gasteiger partial charge is 0.229 e. The van der Waals surface area contributed by atoms with E-state index in [1.54, 1.807) is 7.11 Å². The highest BCUT2D eigenvalue weighted by molar-refractivity contribution is 5.84. The van der Waals surface area contributed by atoms with Gasteiger partial charge in [-0.25, -0.2) is 0 Å². The Kier molecular flexibility index (Phi) is 3.83. The van der Waals surface area contributed by atoms with Crippen LogP contribution in [0.3, 0.4) is 0 Å². The fraction of sp³-hybridized carbons (Fsp3) is 0.348. The molecule has 3 aliphatic heterocycles. The number of piperidine rings is 1. The first-order valence-electron chi connectivity index (χ1n) is 9.54. The Morgan fingerprint density at radius 1 is 1.19 bits per heavy atom. The van der Waals surface area contributed by atoms with Gasteiger partial charge in [0, 0.05) is 19.0 Å². The predicted molar refractivity (Wildman–Crippen MR) is 102 cm³/mol. The lowest BCUT2D eigenvalue weighted by Crippen LogP contribution is -2.53. The Morgan fingerprint density at radius 3 is 2.85 bits per heavy atom. The van der Waals surface area contributed by atoms with Crippen LogP contribution in [0.5, 0.6) is 5.75 Å². The van der Waals surface area contributed by atoms with Gasteiger partial charge in [-0.3, -0.25) is 4.79 Å². The lowest BCUT2D eigenvalue weighted by atomic mass is 9.69. The topological polar surface area (TPSA) is 38.8 Å². The average Bonchev–Trinajstić information content (AvgIpc) is 3.27. The Morgan fingerprint density at radius 2 is 2.04 bits per heavy atom. The molecule has 0 radical (unpaired) electrons. The molecule has 4 heteroatoms. The van der Waals surface area contributed by atoms with Gasteiger partial charge in [0.25, 0.3) is 0 Å². The monoisotopic (exact) mass is 361 g/mol. The molecular formula is C23H23NO3. The Balaban J connectivity index is 1.48. The number of nitrogens with zero attached hydrogens (tertiary/aromatic N) is 1. The van der Waals surface area contributed by atoms with Crippen molar-refractivity contribution in [1.82, 2.24) is 4.90 Å². The van der Waals surface area contributed by atoms with Gasteiger partial charge in [-0.15, -0.1) is 0 Å². The molecule has 4 nitrogen and oxygen atoms in total. The molecule has 2 fully saturated rings. The highest BCUT2D eigenvalue weighted by Gasteiger charge is 2.62. The van der Waals surface area contributed by atoms with Crippen LogP contribution in [-0.2, 0) is 16.1 Å². The van der Waals surface area contributed by atoms with Crippen molar-refractivity contribution in [3.05, 3.63) is 77.9 Å². The van der Waals surface area contributed by atoms with Crippen LogP contribution in [0.25, 0.3) is 0 Å². The van der Waals surface area contributed by atoms with Crippen LogP contribution in [0.2, 0.25) is 0 Å². The summed E-state index contributed by atoms with van der Waals surface area (Å²) in [5.41, 5.74) is 1.84. The van der Waals surface area contributed by atoms with Crippen molar-refractivity contribution in [3.63, 3.8) is 0 Å². The summed E-state index contributed by atoms with van der Waals surface area (Å²) < 4.78 is 11.8. The highest BCUT2D eigenvalue weighted by Crippen LogP contribution is 2.55. The Hall–Kier alpha value is -2.59. The number of fused-ring (bicyclic) bond motifs is 1. The molecule has 5 rings (SSSR count). The van der Waals surface area contributed by atoms with E-state index < -0.39 is 5.60 Å². The largest absolute Gasteiger partial charge is 0.497 e. The summed E-state index contributed by atoms with van der Waals surface area (Å²) >= 11 is 0. The molecule has 0 N–H and O–H groups in total. The van der Waals surface area contributed by atoms with E-state index in [0.29, 0.717) is 6.54 Å². The van der Waals surface area contributed by atoms with Crippen LogP contribution in [0.1, 0.15) is 23.5 Å². The molecule has 2 aromatic rings. The van der Waals surface area contributed by atoms with Gasteiger partial charge >= 0.3 is 0 Å². The summed E-state index contributed by atoms with van der Waals surface area (Å²) in [6.07, 6.45) is 5.09. The van der Waals surface area contributed by atoms with Crippen molar-refractivity contribution in [1.29, 1.82) is 0 Å². The maximum atomic E-state index is 13.5. The summed E-state index contributed by atoms with van der Waals surface area (Å²) in [4.78, 5) is 15.5. The van der Waals surface area contributed by atoms with Crippen molar-refractivity contribution in [2.75, 3.05) is 13.7 Å². The van der Waals surface area contributed by atoms with Crippen LogP contribution in [0, 0.1) is 5.92 Å². The maximum absolute atomic E-state index is 13.5. The molecule has 0 unspecified atom stereocenters. The number of ether oxygens (including phenoxy) is 2. The summed E-state index contributed by atoms with van der Waals surface area (Å²) in [5, 5.41) is 0. The van der Waals surface area contributed by atoms with E-state index in [4.69, 9.17) is 9.47 Å². The molecule has 0 saturated carbocycles. The number of carbonyl (C=O) groups is 1. The summed E-state index contributed by atoms with van der Waals surface area (Å²) in [6, 6.07) is 18.3. The normalized spacial score (nSPS) is 31.2. The summed E-state index contributed by atoms with van der Waals surface area (Å²) in [5.74, 6) is 0.885. The van der Waals surface area contributed by atoms with E-state index in [-0.39, 0.29) is 23.8 Å². The van der Waals surface area contributed by atoms with Crippen LogP contribution in [0.15, 0.2) is 66.7 Å². The maximum Gasteiger partial charge on any atom is 0.229 e. The second-order valence-electron chi connectivity index (χ2n) is 7.67. The lowest BCUT2D eigenvalue weighted by Gasteiger charge is -2.42. The molecule has 3 aliphatic rings. The molecule has 0 aromatic heterocycles. The second-order valence-corrected chi connectivity index (χ2v) is 7.67. The second kappa shape index (κ2) is 6.24. The highest BCUT2D eigenvalue weighted by atomic mass is 16.5. The third-order valence-corrected chi connectivity index (χ3v) is 6.21. The Labute approximate surface area is 159 Å². The van der Waals surface area contributed by atoms with Gasteiger partial charge in [0.1, 0.15) is 11.4 Å².